The topological polar surface area (TPSA) is 59.6 Å². The van der Waals surface area contributed by atoms with Crippen molar-refractivity contribution in [2.75, 3.05) is 26.8 Å². The first-order valence-electron chi connectivity index (χ1n) is 7.38. The minimum Gasteiger partial charge on any atom is -0.496 e. The number of carbonyl (C=O) groups is 1. The predicted molar refractivity (Wildman–Crippen MR) is 81.6 cm³/mol. The predicted octanol–water partition coefficient (Wildman–Crippen LogP) is 1.04. The van der Waals surface area contributed by atoms with E-state index in [4.69, 9.17) is 9.47 Å². The molecule has 116 valence electrons. The molecular formula is C16H24N2O3. The van der Waals surface area contributed by atoms with Crippen molar-refractivity contribution < 1.29 is 14.3 Å². The Kier molecular flexibility index (Phi) is 5.59. The summed E-state index contributed by atoms with van der Waals surface area (Å²) in [4.78, 5) is 12.1. The van der Waals surface area contributed by atoms with Gasteiger partial charge in [0.15, 0.2) is 0 Å². The number of rotatable bonds is 5. The van der Waals surface area contributed by atoms with E-state index in [1.165, 1.54) is 5.56 Å². The van der Waals surface area contributed by atoms with Gasteiger partial charge in [-0.25, -0.2) is 0 Å². The molecule has 1 saturated heterocycles. The third kappa shape index (κ3) is 4.19. The maximum absolute atomic E-state index is 12.1. The zero-order valence-electron chi connectivity index (χ0n) is 12.9. The summed E-state index contributed by atoms with van der Waals surface area (Å²) < 4.78 is 10.8. The average molecular weight is 292 g/mol. The first-order chi connectivity index (χ1) is 10.1. The van der Waals surface area contributed by atoms with Gasteiger partial charge >= 0.3 is 0 Å². The van der Waals surface area contributed by atoms with E-state index in [0.29, 0.717) is 19.7 Å². The molecule has 1 fully saturated rings. The van der Waals surface area contributed by atoms with Gasteiger partial charge in [-0.15, -0.1) is 0 Å². The van der Waals surface area contributed by atoms with Crippen LogP contribution in [0, 0.1) is 6.92 Å². The normalized spacial score (nSPS) is 21.9. The molecule has 5 nitrogen and oxygen atoms in total. The summed E-state index contributed by atoms with van der Waals surface area (Å²) in [5, 5.41) is 6.15. The summed E-state index contributed by atoms with van der Waals surface area (Å²) in [5.74, 6) is 0.858. The van der Waals surface area contributed by atoms with Gasteiger partial charge in [-0.1, -0.05) is 17.7 Å². The fourth-order valence-electron chi connectivity index (χ4n) is 2.56. The number of methoxy groups -OCH3 is 1. The van der Waals surface area contributed by atoms with E-state index in [-0.39, 0.29) is 18.1 Å². The molecule has 1 aromatic rings. The fourth-order valence-corrected chi connectivity index (χ4v) is 2.56. The fraction of sp³-hybridized carbons (Fsp3) is 0.562. The standard InChI is InChI=1S/C16H24N2O3/c1-11-4-5-14(20-3)13(10-11)6-7-18-16(19)15-12(2)21-9-8-17-15/h4-5,10,12,15,17H,6-9H2,1-3H3,(H,18,19)/t12-,15+/m1/s1. The van der Waals surface area contributed by atoms with Crippen LogP contribution in [0.4, 0.5) is 0 Å². The molecule has 21 heavy (non-hydrogen) atoms. The molecule has 0 unspecified atom stereocenters. The van der Waals surface area contributed by atoms with Gasteiger partial charge in [0.05, 0.1) is 19.8 Å². The number of morpholine rings is 1. The Hall–Kier alpha value is -1.59. The van der Waals surface area contributed by atoms with E-state index in [1.54, 1.807) is 7.11 Å². The van der Waals surface area contributed by atoms with Crippen LogP contribution in [-0.2, 0) is 16.0 Å². The molecule has 1 aliphatic rings. The zero-order valence-corrected chi connectivity index (χ0v) is 12.9. The molecule has 1 aliphatic heterocycles. The van der Waals surface area contributed by atoms with Crippen molar-refractivity contribution in [3.05, 3.63) is 29.3 Å². The van der Waals surface area contributed by atoms with Crippen LogP contribution >= 0.6 is 0 Å². The Morgan fingerprint density at radius 2 is 2.33 bits per heavy atom. The number of carbonyl (C=O) groups excluding carboxylic acids is 1. The van der Waals surface area contributed by atoms with Crippen molar-refractivity contribution in [3.63, 3.8) is 0 Å². The van der Waals surface area contributed by atoms with Crippen LogP contribution < -0.4 is 15.4 Å². The van der Waals surface area contributed by atoms with Crippen LogP contribution in [0.25, 0.3) is 0 Å². The number of hydrogen-bond donors (Lipinski definition) is 2. The largest absolute Gasteiger partial charge is 0.496 e. The quantitative estimate of drug-likeness (QED) is 0.851. The highest BCUT2D eigenvalue weighted by molar-refractivity contribution is 5.82. The van der Waals surface area contributed by atoms with Crippen molar-refractivity contribution in [2.24, 2.45) is 0 Å². The molecule has 0 spiro atoms. The maximum Gasteiger partial charge on any atom is 0.239 e. The van der Waals surface area contributed by atoms with Crippen molar-refractivity contribution in [2.45, 2.75) is 32.4 Å². The van der Waals surface area contributed by atoms with E-state index in [1.807, 2.05) is 26.0 Å². The van der Waals surface area contributed by atoms with Crippen LogP contribution in [0.15, 0.2) is 18.2 Å². The molecule has 1 aromatic carbocycles. The summed E-state index contributed by atoms with van der Waals surface area (Å²) >= 11 is 0. The van der Waals surface area contributed by atoms with Crippen LogP contribution in [0.2, 0.25) is 0 Å². The highest BCUT2D eigenvalue weighted by Crippen LogP contribution is 2.19. The number of benzene rings is 1. The van der Waals surface area contributed by atoms with E-state index < -0.39 is 0 Å². The Morgan fingerprint density at radius 3 is 3.05 bits per heavy atom. The average Bonchev–Trinajstić information content (AvgIpc) is 2.48. The second-order valence-electron chi connectivity index (χ2n) is 5.36. The number of hydrogen-bond acceptors (Lipinski definition) is 4. The minimum absolute atomic E-state index is 0.00572. The number of aryl methyl sites for hydroxylation is 1. The molecule has 0 aliphatic carbocycles. The molecule has 0 aromatic heterocycles. The molecule has 1 amide bonds. The molecule has 5 heteroatoms. The lowest BCUT2D eigenvalue weighted by molar-refractivity contribution is -0.128. The summed E-state index contributed by atoms with van der Waals surface area (Å²) in [6, 6.07) is 5.81. The highest BCUT2D eigenvalue weighted by Gasteiger charge is 2.27. The van der Waals surface area contributed by atoms with Gasteiger partial charge in [-0.2, -0.15) is 0 Å². The van der Waals surface area contributed by atoms with Gasteiger partial charge in [0.1, 0.15) is 11.8 Å². The van der Waals surface area contributed by atoms with Crippen molar-refractivity contribution in [1.82, 2.24) is 10.6 Å². The smallest absolute Gasteiger partial charge is 0.239 e. The number of amides is 1. The minimum atomic E-state index is -0.266. The first-order valence-corrected chi connectivity index (χ1v) is 7.38. The summed E-state index contributed by atoms with van der Waals surface area (Å²) in [7, 11) is 1.66. The van der Waals surface area contributed by atoms with E-state index in [0.717, 1.165) is 17.7 Å². The number of nitrogens with one attached hydrogen (secondary N) is 2. The molecule has 1 heterocycles. The molecule has 2 rings (SSSR count). The van der Waals surface area contributed by atoms with Gasteiger partial charge in [-0.3, -0.25) is 4.79 Å². The lowest BCUT2D eigenvalue weighted by atomic mass is 10.1. The summed E-state index contributed by atoms with van der Waals surface area (Å²) in [6.07, 6.45) is 0.658. The van der Waals surface area contributed by atoms with E-state index in [9.17, 15) is 4.79 Å². The zero-order chi connectivity index (χ0) is 15.2. The van der Waals surface area contributed by atoms with Crippen LogP contribution in [0.5, 0.6) is 5.75 Å². The third-order valence-electron chi connectivity index (χ3n) is 3.73. The van der Waals surface area contributed by atoms with Crippen LogP contribution in [-0.4, -0.2) is 44.9 Å². The molecule has 0 saturated carbocycles. The second kappa shape index (κ2) is 7.43. The molecule has 2 atom stereocenters. The molecule has 0 bridgehead atoms. The van der Waals surface area contributed by atoms with Gasteiger partial charge in [-0.05, 0) is 31.9 Å². The summed E-state index contributed by atoms with van der Waals surface area (Å²) in [6.45, 7) is 5.93. The molecular weight excluding hydrogens is 268 g/mol. The maximum atomic E-state index is 12.1. The summed E-state index contributed by atoms with van der Waals surface area (Å²) in [5.41, 5.74) is 2.30. The Morgan fingerprint density at radius 1 is 1.52 bits per heavy atom. The lowest BCUT2D eigenvalue weighted by Gasteiger charge is -2.29. The monoisotopic (exact) mass is 292 g/mol. The van der Waals surface area contributed by atoms with Crippen LogP contribution in [0.3, 0.4) is 0 Å². The van der Waals surface area contributed by atoms with Crippen molar-refractivity contribution in [1.29, 1.82) is 0 Å². The van der Waals surface area contributed by atoms with E-state index >= 15 is 0 Å². The van der Waals surface area contributed by atoms with Crippen molar-refractivity contribution >= 4 is 5.91 Å². The third-order valence-corrected chi connectivity index (χ3v) is 3.73. The van der Waals surface area contributed by atoms with Gasteiger partial charge in [0.25, 0.3) is 0 Å². The molecule has 2 N–H and O–H groups in total. The number of ether oxygens (including phenoxy) is 2. The van der Waals surface area contributed by atoms with Crippen LogP contribution in [0.1, 0.15) is 18.1 Å². The van der Waals surface area contributed by atoms with E-state index in [2.05, 4.69) is 16.7 Å². The second-order valence-corrected chi connectivity index (χ2v) is 5.36. The van der Waals surface area contributed by atoms with Gasteiger partial charge in [0.2, 0.25) is 5.91 Å². The van der Waals surface area contributed by atoms with Crippen molar-refractivity contribution in [3.8, 4) is 5.75 Å². The molecule has 0 radical (unpaired) electrons. The van der Waals surface area contributed by atoms with Gasteiger partial charge in [0, 0.05) is 13.1 Å². The Balaban J connectivity index is 1.86. The Bertz CT molecular complexity index is 490. The lowest BCUT2D eigenvalue weighted by Crippen LogP contribution is -2.55. The highest BCUT2D eigenvalue weighted by atomic mass is 16.5. The first kappa shape index (κ1) is 15.8. The SMILES string of the molecule is COc1ccc(C)cc1CCNC(=O)[C@H]1NCCO[C@@H]1C. The van der Waals surface area contributed by atoms with Gasteiger partial charge < -0.3 is 20.1 Å². The Labute approximate surface area is 126 Å².